The van der Waals surface area contributed by atoms with E-state index < -0.39 is 0 Å². The molecule has 0 saturated heterocycles. The lowest BCUT2D eigenvalue weighted by Gasteiger charge is -2.12. The number of aromatic amines is 1. The molecule has 3 heterocycles. The summed E-state index contributed by atoms with van der Waals surface area (Å²) in [5.74, 6) is -0.0665. The normalized spacial score (nSPS) is 11.0. The number of hydrogen-bond acceptors (Lipinski definition) is 4. The summed E-state index contributed by atoms with van der Waals surface area (Å²) in [7, 11) is 0. The third-order valence-electron chi connectivity index (χ3n) is 5.17. The van der Waals surface area contributed by atoms with Crippen LogP contribution in [0.15, 0.2) is 48.8 Å². The van der Waals surface area contributed by atoms with E-state index in [1.807, 2.05) is 19.9 Å². The van der Waals surface area contributed by atoms with Crippen molar-refractivity contribution in [2.24, 2.45) is 0 Å². The number of nitrogens with two attached hydrogens (primary N) is 1. The molecule has 1 aromatic carbocycles. The minimum Gasteiger partial charge on any atom is -0.384 e. The molecule has 30 heavy (non-hydrogen) atoms. The molecule has 0 aliphatic rings. The Morgan fingerprint density at radius 1 is 1.20 bits per heavy atom. The Morgan fingerprint density at radius 3 is 2.83 bits per heavy atom. The van der Waals surface area contributed by atoms with Crippen LogP contribution in [-0.2, 0) is 13.0 Å². The van der Waals surface area contributed by atoms with Crippen LogP contribution >= 0.6 is 0 Å². The van der Waals surface area contributed by atoms with Crippen LogP contribution in [0, 0.1) is 19.7 Å². The maximum absolute atomic E-state index is 14.4. The summed E-state index contributed by atoms with van der Waals surface area (Å²) in [6.07, 6.45) is 3.64. The standard InChI is InChI=1S/C23H22FN5O/c1-13-7-22(25)29-14(2)19(13)12-28-23(30)16-4-5-26-18(9-16)10-17-8-15-3-6-27-21(15)11-20(17)24/h3-9,11,27H,10,12H2,1-2H3,(H2,25,29)(H,28,30). The first kappa shape index (κ1) is 19.6. The highest BCUT2D eigenvalue weighted by Gasteiger charge is 2.12. The van der Waals surface area contributed by atoms with Crippen LogP contribution in [0.4, 0.5) is 10.2 Å². The zero-order valence-corrected chi connectivity index (χ0v) is 16.8. The first-order valence-electron chi connectivity index (χ1n) is 9.62. The molecule has 0 fully saturated rings. The molecule has 0 bridgehead atoms. The van der Waals surface area contributed by atoms with Gasteiger partial charge in [-0.15, -0.1) is 0 Å². The van der Waals surface area contributed by atoms with Gasteiger partial charge in [-0.1, -0.05) is 0 Å². The number of nitrogens with zero attached hydrogens (tertiary/aromatic N) is 2. The third kappa shape index (κ3) is 4.00. The summed E-state index contributed by atoms with van der Waals surface area (Å²) in [4.78, 5) is 24.2. The van der Waals surface area contributed by atoms with Crippen molar-refractivity contribution >= 4 is 22.6 Å². The van der Waals surface area contributed by atoms with Crippen LogP contribution in [0.1, 0.15) is 38.4 Å². The van der Waals surface area contributed by atoms with Crippen molar-refractivity contribution in [2.75, 3.05) is 5.73 Å². The van der Waals surface area contributed by atoms with Crippen LogP contribution < -0.4 is 11.1 Å². The number of aromatic nitrogens is 3. The van der Waals surface area contributed by atoms with E-state index in [0.29, 0.717) is 35.6 Å². The Balaban J connectivity index is 1.50. The first-order chi connectivity index (χ1) is 14.4. The largest absolute Gasteiger partial charge is 0.384 e. The zero-order chi connectivity index (χ0) is 21.3. The quantitative estimate of drug-likeness (QED) is 0.472. The highest BCUT2D eigenvalue weighted by molar-refractivity contribution is 5.94. The van der Waals surface area contributed by atoms with Crippen molar-refractivity contribution in [1.29, 1.82) is 0 Å². The van der Waals surface area contributed by atoms with Gasteiger partial charge in [-0.2, -0.15) is 0 Å². The number of rotatable bonds is 5. The van der Waals surface area contributed by atoms with Gasteiger partial charge < -0.3 is 16.0 Å². The summed E-state index contributed by atoms with van der Waals surface area (Å²) in [6, 6.07) is 10.3. The third-order valence-corrected chi connectivity index (χ3v) is 5.17. The number of pyridine rings is 2. The number of carbonyl (C=O) groups excluding carboxylic acids is 1. The number of H-pyrrole nitrogens is 1. The molecule has 7 heteroatoms. The van der Waals surface area contributed by atoms with Gasteiger partial charge in [-0.3, -0.25) is 9.78 Å². The summed E-state index contributed by atoms with van der Waals surface area (Å²) in [6.45, 7) is 4.15. The Labute approximate surface area is 173 Å². The number of fused-ring (bicyclic) bond motifs is 1. The van der Waals surface area contributed by atoms with Crippen molar-refractivity contribution in [2.45, 2.75) is 26.8 Å². The average Bonchev–Trinajstić information content (AvgIpc) is 3.14. The van der Waals surface area contributed by atoms with E-state index in [9.17, 15) is 9.18 Å². The highest BCUT2D eigenvalue weighted by Crippen LogP contribution is 2.20. The number of anilines is 1. The molecule has 6 nitrogen and oxygen atoms in total. The highest BCUT2D eigenvalue weighted by atomic mass is 19.1. The number of nitrogen functional groups attached to an aromatic ring is 1. The fraction of sp³-hybridized carbons (Fsp3) is 0.174. The van der Waals surface area contributed by atoms with Crippen LogP contribution in [0.25, 0.3) is 10.9 Å². The van der Waals surface area contributed by atoms with Gasteiger partial charge in [0.1, 0.15) is 11.6 Å². The average molecular weight is 403 g/mol. The fourth-order valence-electron chi connectivity index (χ4n) is 3.59. The molecule has 1 amide bonds. The lowest BCUT2D eigenvalue weighted by Crippen LogP contribution is -2.24. The zero-order valence-electron chi connectivity index (χ0n) is 16.8. The molecule has 0 aliphatic heterocycles. The molecule has 4 N–H and O–H groups in total. The smallest absolute Gasteiger partial charge is 0.251 e. The molecule has 0 aliphatic carbocycles. The van der Waals surface area contributed by atoms with E-state index in [4.69, 9.17) is 5.73 Å². The fourth-order valence-corrected chi connectivity index (χ4v) is 3.59. The van der Waals surface area contributed by atoms with Gasteiger partial charge in [0, 0.05) is 47.8 Å². The lowest BCUT2D eigenvalue weighted by molar-refractivity contribution is 0.0950. The second kappa shape index (κ2) is 7.94. The maximum Gasteiger partial charge on any atom is 0.251 e. The van der Waals surface area contributed by atoms with Crippen molar-refractivity contribution in [1.82, 2.24) is 20.3 Å². The van der Waals surface area contributed by atoms with Gasteiger partial charge in [-0.25, -0.2) is 9.37 Å². The topological polar surface area (TPSA) is 96.7 Å². The van der Waals surface area contributed by atoms with Crippen LogP contribution in [0.3, 0.4) is 0 Å². The summed E-state index contributed by atoms with van der Waals surface area (Å²) in [5, 5.41) is 3.85. The Morgan fingerprint density at radius 2 is 2.03 bits per heavy atom. The summed E-state index contributed by atoms with van der Waals surface area (Å²) >= 11 is 0. The second-order valence-electron chi connectivity index (χ2n) is 7.33. The molecule has 4 aromatic rings. The van der Waals surface area contributed by atoms with Crippen LogP contribution in [0.2, 0.25) is 0 Å². The minimum atomic E-state index is -0.302. The van der Waals surface area contributed by atoms with Crippen LogP contribution in [0.5, 0.6) is 0 Å². The number of carbonyl (C=O) groups is 1. The number of benzene rings is 1. The van der Waals surface area contributed by atoms with Gasteiger partial charge in [0.05, 0.1) is 0 Å². The van der Waals surface area contributed by atoms with Gasteiger partial charge in [-0.05, 0) is 72.3 Å². The van der Waals surface area contributed by atoms with Gasteiger partial charge in [0.15, 0.2) is 0 Å². The predicted octanol–water partition coefficient (Wildman–Crippen LogP) is 3.82. The maximum atomic E-state index is 14.4. The number of halogens is 1. The van der Waals surface area contributed by atoms with Gasteiger partial charge in [0.2, 0.25) is 0 Å². The first-order valence-corrected chi connectivity index (χ1v) is 9.62. The van der Waals surface area contributed by atoms with Gasteiger partial charge >= 0.3 is 0 Å². The summed E-state index contributed by atoms with van der Waals surface area (Å²) < 4.78 is 14.4. The minimum absolute atomic E-state index is 0.226. The Bertz CT molecular complexity index is 1220. The molecule has 152 valence electrons. The van der Waals surface area contributed by atoms with E-state index in [0.717, 1.165) is 27.7 Å². The molecule has 0 unspecified atom stereocenters. The van der Waals surface area contributed by atoms with Crippen molar-refractivity contribution < 1.29 is 9.18 Å². The van der Waals surface area contributed by atoms with E-state index in [1.165, 1.54) is 6.07 Å². The molecular formula is C23H22FN5O. The predicted molar refractivity (Wildman–Crippen MR) is 115 cm³/mol. The number of nitrogens with one attached hydrogen (secondary N) is 2. The monoisotopic (exact) mass is 403 g/mol. The van der Waals surface area contributed by atoms with E-state index in [-0.39, 0.29) is 11.7 Å². The van der Waals surface area contributed by atoms with Gasteiger partial charge in [0.25, 0.3) is 5.91 Å². The molecule has 0 saturated carbocycles. The molecule has 3 aromatic heterocycles. The number of aryl methyl sites for hydroxylation is 2. The summed E-state index contributed by atoms with van der Waals surface area (Å²) in [5.41, 5.74) is 10.8. The van der Waals surface area contributed by atoms with E-state index in [1.54, 1.807) is 36.7 Å². The Hall–Kier alpha value is -3.74. The van der Waals surface area contributed by atoms with Crippen molar-refractivity contribution in [3.8, 4) is 0 Å². The molecular weight excluding hydrogens is 381 g/mol. The Kier molecular flexibility index (Phi) is 5.18. The van der Waals surface area contributed by atoms with Crippen LogP contribution in [-0.4, -0.2) is 20.9 Å². The molecule has 0 atom stereocenters. The lowest BCUT2D eigenvalue weighted by atomic mass is 10.0. The van der Waals surface area contributed by atoms with Crippen molar-refractivity contribution in [3.05, 3.63) is 88.3 Å². The molecule has 4 rings (SSSR count). The molecule has 0 spiro atoms. The van der Waals surface area contributed by atoms with Crippen molar-refractivity contribution in [3.63, 3.8) is 0 Å². The van der Waals surface area contributed by atoms with E-state index >= 15 is 0 Å². The number of hydrogen-bond donors (Lipinski definition) is 3. The SMILES string of the molecule is Cc1cc(N)nc(C)c1CNC(=O)c1ccnc(Cc2cc3cc[nH]c3cc2F)c1. The number of amides is 1. The molecule has 0 radical (unpaired) electrons. The second-order valence-corrected chi connectivity index (χ2v) is 7.33. The van der Waals surface area contributed by atoms with E-state index in [2.05, 4.69) is 20.3 Å².